The molecule has 112 valence electrons. The Balaban J connectivity index is 2.56. The van der Waals surface area contributed by atoms with Gasteiger partial charge in [-0.2, -0.15) is 0 Å². The van der Waals surface area contributed by atoms with Crippen molar-refractivity contribution in [1.29, 1.82) is 0 Å². The molecule has 0 spiro atoms. The lowest BCUT2D eigenvalue weighted by molar-refractivity contribution is 0.548. The van der Waals surface area contributed by atoms with E-state index >= 15 is 0 Å². The quantitative estimate of drug-likeness (QED) is 0.650. The van der Waals surface area contributed by atoms with Crippen molar-refractivity contribution in [2.24, 2.45) is 0 Å². The predicted molar refractivity (Wildman–Crippen MR) is 91.2 cm³/mol. The van der Waals surface area contributed by atoms with Crippen LogP contribution in [0.15, 0.2) is 38.5 Å². The Labute approximate surface area is 142 Å². The summed E-state index contributed by atoms with van der Waals surface area (Å²) < 4.78 is 17.5. The molecule has 2 rings (SSSR count). The summed E-state index contributed by atoms with van der Waals surface area (Å²) in [6.45, 7) is 2.39. The van der Waals surface area contributed by atoms with Gasteiger partial charge in [-0.15, -0.1) is 0 Å². The molecule has 0 aliphatic heterocycles. The molecule has 0 saturated heterocycles. The van der Waals surface area contributed by atoms with Crippen molar-refractivity contribution in [2.75, 3.05) is 0 Å². The summed E-state index contributed by atoms with van der Waals surface area (Å²) in [7, 11) is 0. The molecule has 0 amide bonds. The van der Waals surface area contributed by atoms with Gasteiger partial charge in [0.15, 0.2) is 0 Å². The first-order valence-electron chi connectivity index (χ1n) is 6.37. The molecule has 0 atom stereocenters. The largest absolute Gasteiger partial charge is 0.331 e. The fourth-order valence-corrected chi connectivity index (χ4v) is 3.03. The van der Waals surface area contributed by atoms with E-state index in [2.05, 4.69) is 15.9 Å². The molecule has 2 aromatic rings. The molecule has 0 radical (unpaired) electrons. The number of rotatable bonds is 4. The first-order chi connectivity index (χ1) is 9.93. The molecule has 0 aliphatic rings. The van der Waals surface area contributed by atoms with E-state index in [1.165, 1.54) is 10.6 Å². The summed E-state index contributed by atoms with van der Waals surface area (Å²) in [5, 5.41) is 0. The van der Waals surface area contributed by atoms with Gasteiger partial charge in [-0.1, -0.05) is 22.9 Å². The topological polar surface area (TPSA) is 44.0 Å². The van der Waals surface area contributed by atoms with Crippen LogP contribution in [0.2, 0.25) is 0 Å². The zero-order valence-electron chi connectivity index (χ0n) is 11.3. The Kier molecular flexibility index (Phi) is 5.37. The van der Waals surface area contributed by atoms with Gasteiger partial charge in [-0.25, -0.2) is 9.18 Å². The van der Waals surface area contributed by atoms with E-state index in [-0.39, 0.29) is 6.54 Å². The van der Waals surface area contributed by atoms with E-state index < -0.39 is 17.1 Å². The van der Waals surface area contributed by atoms with E-state index in [0.717, 1.165) is 11.0 Å². The van der Waals surface area contributed by atoms with Crippen LogP contribution in [0, 0.1) is 9.39 Å². The van der Waals surface area contributed by atoms with E-state index in [9.17, 15) is 14.0 Å². The predicted octanol–water partition coefficient (Wildman–Crippen LogP) is 2.97. The molecule has 21 heavy (non-hydrogen) atoms. The zero-order valence-corrected chi connectivity index (χ0v) is 15.0. The van der Waals surface area contributed by atoms with Crippen molar-refractivity contribution in [1.82, 2.24) is 9.13 Å². The monoisotopic (exact) mass is 466 g/mol. The standard InChI is InChI=1S/C14H13BrFIN2O2/c1-2-5-18-8-12(17)13(20)19(14(18)21)7-9-6-10(15)3-4-11(9)16/h3-4,6,8H,2,5,7H2,1H3. The third kappa shape index (κ3) is 3.63. The van der Waals surface area contributed by atoms with Gasteiger partial charge in [0.05, 0.1) is 10.1 Å². The SMILES string of the molecule is CCCn1cc(I)c(=O)n(Cc2cc(Br)ccc2F)c1=O. The maximum atomic E-state index is 13.8. The lowest BCUT2D eigenvalue weighted by Crippen LogP contribution is -2.41. The Morgan fingerprint density at radius 1 is 1.33 bits per heavy atom. The van der Waals surface area contributed by atoms with E-state index in [4.69, 9.17) is 0 Å². The molecule has 0 aliphatic carbocycles. The number of aromatic nitrogens is 2. The van der Waals surface area contributed by atoms with Crippen molar-refractivity contribution in [3.05, 3.63) is 64.7 Å². The Bertz CT molecular complexity index is 786. The molecular formula is C14H13BrFIN2O2. The highest BCUT2D eigenvalue weighted by Crippen LogP contribution is 2.15. The summed E-state index contributed by atoms with van der Waals surface area (Å²) in [6.07, 6.45) is 2.32. The first-order valence-corrected chi connectivity index (χ1v) is 8.25. The highest BCUT2D eigenvalue weighted by Gasteiger charge is 2.12. The van der Waals surface area contributed by atoms with Crippen LogP contribution in [0.1, 0.15) is 18.9 Å². The van der Waals surface area contributed by atoms with E-state index in [1.807, 2.05) is 29.5 Å². The molecule has 0 fully saturated rings. The zero-order chi connectivity index (χ0) is 15.6. The lowest BCUT2D eigenvalue weighted by atomic mass is 10.2. The third-order valence-electron chi connectivity index (χ3n) is 3.00. The summed E-state index contributed by atoms with van der Waals surface area (Å²) >= 11 is 5.16. The highest BCUT2D eigenvalue weighted by atomic mass is 127. The Morgan fingerprint density at radius 2 is 2.05 bits per heavy atom. The molecule has 1 heterocycles. The molecule has 1 aromatic carbocycles. The maximum absolute atomic E-state index is 13.8. The third-order valence-corrected chi connectivity index (χ3v) is 4.23. The number of halogens is 3. The Morgan fingerprint density at radius 3 is 2.71 bits per heavy atom. The van der Waals surface area contributed by atoms with Gasteiger partial charge in [0.1, 0.15) is 5.82 Å². The van der Waals surface area contributed by atoms with Crippen molar-refractivity contribution in [3.8, 4) is 0 Å². The molecule has 0 unspecified atom stereocenters. The van der Waals surface area contributed by atoms with E-state index in [1.54, 1.807) is 18.3 Å². The van der Waals surface area contributed by atoms with E-state index in [0.29, 0.717) is 20.2 Å². The van der Waals surface area contributed by atoms with Crippen LogP contribution in [-0.4, -0.2) is 9.13 Å². The van der Waals surface area contributed by atoms with Gasteiger partial charge in [0, 0.05) is 22.8 Å². The van der Waals surface area contributed by atoms with Crippen molar-refractivity contribution in [3.63, 3.8) is 0 Å². The van der Waals surface area contributed by atoms with Crippen LogP contribution in [0.3, 0.4) is 0 Å². The Hall–Kier alpha value is -0.960. The number of benzene rings is 1. The lowest BCUT2D eigenvalue weighted by Gasteiger charge is -2.11. The van der Waals surface area contributed by atoms with Crippen molar-refractivity contribution >= 4 is 38.5 Å². The average molecular weight is 467 g/mol. The minimum Gasteiger partial charge on any atom is -0.299 e. The van der Waals surface area contributed by atoms with Crippen LogP contribution >= 0.6 is 38.5 Å². The summed E-state index contributed by atoms with van der Waals surface area (Å²) in [6, 6.07) is 4.46. The molecule has 4 nitrogen and oxygen atoms in total. The number of aryl methyl sites for hydroxylation is 1. The molecule has 0 saturated carbocycles. The van der Waals surface area contributed by atoms with Gasteiger partial charge in [0.25, 0.3) is 5.56 Å². The summed E-state index contributed by atoms with van der Waals surface area (Å²) in [5.41, 5.74) is -0.511. The molecule has 0 bridgehead atoms. The second-order valence-corrected chi connectivity index (χ2v) is 6.66. The molecule has 0 N–H and O–H groups in total. The first kappa shape index (κ1) is 16.4. The smallest absolute Gasteiger partial charge is 0.299 e. The van der Waals surface area contributed by atoms with Gasteiger partial charge in [-0.3, -0.25) is 13.9 Å². The molecule has 7 heteroatoms. The van der Waals surface area contributed by atoms with Gasteiger partial charge in [0.2, 0.25) is 0 Å². The molecule has 1 aromatic heterocycles. The second-order valence-electron chi connectivity index (χ2n) is 4.58. The van der Waals surface area contributed by atoms with Crippen LogP contribution in [0.25, 0.3) is 0 Å². The van der Waals surface area contributed by atoms with Crippen LogP contribution < -0.4 is 11.2 Å². The normalized spacial score (nSPS) is 10.9. The van der Waals surface area contributed by atoms with Crippen LogP contribution in [0.5, 0.6) is 0 Å². The number of nitrogens with zero attached hydrogens (tertiary/aromatic N) is 2. The highest BCUT2D eigenvalue weighted by molar-refractivity contribution is 14.1. The number of hydrogen-bond acceptors (Lipinski definition) is 2. The number of hydrogen-bond donors (Lipinski definition) is 0. The summed E-state index contributed by atoms with van der Waals surface area (Å²) in [5.74, 6) is -0.439. The van der Waals surface area contributed by atoms with Crippen LogP contribution in [-0.2, 0) is 13.1 Å². The second kappa shape index (κ2) is 6.87. The van der Waals surface area contributed by atoms with Crippen molar-refractivity contribution < 1.29 is 4.39 Å². The average Bonchev–Trinajstić information content (AvgIpc) is 2.44. The maximum Gasteiger partial charge on any atom is 0.331 e. The molecular weight excluding hydrogens is 454 g/mol. The minimum absolute atomic E-state index is 0.0799. The fourth-order valence-electron chi connectivity index (χ4n) is 1.99. The fraction of sp³-hybridized carbons (Fsp3) is 0.286. The van der Waals surface area contributed by atoms with Gasteiger partial charge < -0.3 is 0 Å². The van der Waals surface area contributed by atoms with Gasteiger partial charge >= 0.3 is 5.69 Å². The summed E-state index contributed by atoms with van der Waals surface area (Å²) in [4.78, 5) is 24.5. The minimum atomic E-state index is -0.439. The van der Waals surface area contributed by atoms with Crippen molar-refractivity contribution in [2.45, 2.75) is 26.4 Å². The van der Waals surface area contributed by atoms with Crippen LogP contribution in [0.4, 0.5) is 4.39 Å². The van der Waals surface area contributed by atoms with Gasteiger partial charge in [-0.05, 0) is 47.2 Å².